The van der Waals surface area contributed by atoms with Crippen LogP contribution in [0.2, 0.25) is 0 Å². The van der Waals surface area contributed by atoms with Crippen molar-refractivity contribution in [2.24, 2.45) is 32.5 Å². The lowest BCUT2D eigenvalue weighted by molar-refractivity contribution is -0.272. The maximum atomic E-state index is 12.0. The normalized spacial score (nSPS) is 24.9. The monoisotopic (exact) mass is 512 g/mol. The highest BCUT2D eigenvalue weighted by atomic mass is 16.7. The first kappa shape index (κ1) is 33.4. The van der Waals surface area contributed by atoms with Gasteiger partial charge in [0.1, 0.15) is 6.10 Å². The minimum atomic E-state index is -0.607. The molecule has 5 heteroatoms. The minimum absolute atomic E-state index is 0.0234. The third-order valence-corrected chi connectivity index (χ3v) is 9.53. The van der Waals surface area contributed by atoms with Gasteiger partial charge in [-0.15, -0.1) is 0 Å². The molecule has 5 atom stereocenters. The molecule has 0 bridgehead atoms. The maximum absolute atomic E-state index is 12.0. The van der Waals surface area contributed by atoms with Crippen LogP contribution in [0.25, 0.3) is 0 Å². The summed E-state index contributed by atoms with van der Waals surface area (Å²) in [6.45, 7) is 34.0. The van der Waals surface area contributed by atoms with Gasteiger partial charge in [-0.3, -0.25) is 4.79 Å². The number of aliphatic hydroxyl groups is 1. The average Bonchev–Trinajstić information content (AvgIpc) is 2.62. The number of carbonyl (C=O) groups excluding carboxylic acids is 1. The van der Waals surface area contributed by atoms with Crippen molar-refractivity contribution in [3.05, 3.63) is 0 Å². The fraction of sp³-hybridized carbons (Fsp3) is 0.968. The lowest BCUT2D eigenvalue weighted by Crippen LogP contribution is -2.57. The smallest absolute Gasteiger partial charge is 0.302 e. The topological polar surface area (TPSA) is 65.0 Å². The van der Waals surface area contributed by atoms with Crippen LogP contribution in [0, 0.1) is 32.5 Å². The lowest BCUT2D eigenvalue weighted by Gasteiger charge is -2.55. The Morgan fingerprint density at radius 2 is 1.39 bits per heavy atom. The van der Waals surface area contributed by atoms with Crippen LogP contribution in [0.3, 0.4) is 0 Å². The second-order valence-corrected chi connectivity index (χ2v) is 16.1. The zero-order valence-corrected chi connectivity index (χ0v) is 26.6. The molecule has 0 spiro atoms. The third kappa shape index (κ3) is 7.69. The van der Waals surface area contributed by atoms with Crippen LogP contribution in [0.1, 0.15) is 130 Å². The molecule has 0 amide bonds. The molecule has 1 N–H and O–H groups in total. The van der Waals surface area contributed by atoms with Crippen molar-refractivity contribution >= 4 is 5.97 Å². The molecule has 0 aromatic heterocycles. The van der Waals surface area contributed by atoms with Crippen LogP contribution in [0.15, 0.2) is 0 Å². The Morgan fingerprint density at radius 3 is 1.81 bits per heavy atom. The lowest BCUT2D eigenvalue weighted by atomic mass is 9.54. The van der Waals surface area contributed by atoms with Crippen molar-refractivity contribution in [2.45, 2.75) is 161 Å². The third-order valence-electron chi connectivity index (χ3n) is 9.53. The van der Waals surface area contributed by atoms with E-state index in [0.717, 1.165) is 12.8 Å². The highest BCUT2D eigenvalue weighted by Gasteiger charge is 2.55. The van der Waals surface area contributed by atoms with Crippen molar-refractivity contribution in [3.8, 4) is 0 Å². The van der Waals surface area contributed by atoms with Crippen molar-refractivity contribution in [1.29, 1.82) is 0 Å². The molecule has 0 radical (unpaired) electrons. The molecule has 0 aliphatic carbocycles. The summed E-state index contributed by atoms with van der Waals surface area (Å²) in [4.78, 5) is 12.0. The van der Waals surface area contributed by atoms with E-state index in [2.05, 4.69) is 96.9 Å². The number of esters is 1. The Balaban J connectivity index is 3.22. The number of ether oxygens (including phenoxy) is 3. The van der Waals surface area contributed by atoms with E-state index in [0.29, 0.717) is 6.42 Å². The van der Waals surface area contributed by atoms with Gasteiger partial charge in [0.15, 0.2) is 6.29 Å². The summed E-state index contributed by atoms with van der Waals surface area (Å²) >= 11 is 0. The van der Waals surface area contributed by atoms with E-state index in [1.54, 1.807) is 0 Å². The molecule has 0 aromatic carbocycles. The molecule has 1 rings (SSSR count). The molecule has 1 aliphatic rings. The molecule has 5 unspecified atom stereocenters. The molecule has 214 valence electrons. The standard InChI is InChI=1S/C31H60O5/c1-20(32)34-25(27(6,7)8)31(15,16)29(11,12)23(33)19-28(9,10)30(13,14)24-17-22(18-26(3,4)5)35-21(2)36-24/h21-25,33H,17-19H2,1-16H3. The van der Waals surface area contributed by atoms with Gasteiger partial charge in [0, 0.05) is 18.8 Å². The molecule has 0 saturated carbocycles. The van der Waals surface area contributed by atoms with Crippen LogP contribution in [0.4, 0.5) is 0 Å². The highest BCUT2D eigenvalue weighted by molar-refractivity contribution is 5.66. The van der Waals surface area contributed by atoms with E-state index < -0.39 is 16.9 Å². The van der Waals surface area contributed by atoms with Crippen LogP contribution >= 0.6 is 0 Å². The number of hydrogen-bond acceptors (Lipinski definition) is 5. The number of hydrogen-bond donors (Lipinski definition) is 1. The SMILES string of the molecule is CC(=O)OC(C(C)(C)C)C(C)(C)C(C)(C)C(O)CC(C)(C)C(C)(C)C1CC(CC(C)(C)C)OC(C)O1. The van der Waals surface area contributed by atoms with E-state index in [4.69, 9.17) is 14.2 Å². The average molecular weight is 513 g/mol. The summed E-state index contributed by atoms with van der Waals surface area (Å²) < 4.78 is 18.4. The van der Waals surface area contributed by atoms with Crippen LogP contribution < -0.4 is 0 Å². The molecule has 0 aromatic rings. The number of rotatable bonds is 9. The summed E-state index contributed by atoms with van der Waals surface area (Å²) in [6, 6.07) is 0. The summed E-state index contributed by atoms with van der Waals surface area (Å²) in [5, 5.41) is 11.8. The van der Waals surface area contributed by atoms with Crippen LogP contribution in [-0.4, -0.2) is 41.8 Å². The predicted molar refractivity (Wildman–Crippen MR) is 149 cm³/mol. The van der Waals surface area contributed by atoms with E-state index in [1.165, 1.54) is 6.92 Å². The minimum Gasteiger partial charge on any atom is -0.461 e. The molecule has 1 saturated heterocycles. The Labute approximate surface area is 223 Å². The van der Waals surface area contributed by atoms with Crippen molar-refractivity contribution in [2.75, 3.05) is 0 Å². The first-order chi connectivity index (χ1) is 15.8. The van der Waals surface area contributed by atoms with Gasteiger partial charge in [-0.2, -0.15) is 0 Å². The van der Waals surface area contributed by atoms with Crippen molar-refractivity contribution in [1.82, 2.24) is 0 Å². The summed E-state index contributed by atoms with van der Waals surface area (Å²) in [5.41, 5.74) is -1.52. The fourth-order valence-electron chi connectivity index (χ4n) is 5.94. The molecule has 1 aliphatic heterocycles. The van der Waals surface area contributed by atoms with Crippen LogP contribution in [-0.2, 0) is 19.0 Å². The van der Waals surface area contributed by atoms with Crippen molar-refractivity contribution < 1.29 is 24.1 Å². The quantitative estimate of drug-likeness (QED) is 0.320. The van der Waals surface area contributed by atoms with E-state index in [1.807, 2.05) is 6.92 Å². The first-order valence-corrected chi connectivity index (χ1v) is 13.9. The van der Waals surface area contributed by atoms with Gasteiger partial charge in [0.25, 0.3) is 0 Å². The Hall–Kier alpha value is -0.650. The molecular formula is C31H60O5. The molecule has 36 heavy (non-hydrogen) atoms. The Kier molecular flexibility index (Phi) is 10.1. The van der Waals surface area contributed by atoms with Gasteiger partial charge in [0.2, 0.25) is 0 Å². The summed E-state index contributed by atoms with van der Waals surface area (Å²) in [7, 11) is 0. The zero-order valence-electron chi connectivity index (χ0n) is 26.6. The second kappa shape index (κ2) is 10.8. The number of aliphatic hydroxyl groups excluding tert-OH is 1. The molecule has 1 heterocycles. The Morgan fingerprint density at radius 1 is 0.889 bits per heavy atom. The molecular weight excluding hydrogens is 452 g/mol. The van der Waals surface area contributed by atoms with Gasteiger partial charge in [0.05, 0.1) is 18.3 Å². The summed E-state index contributed by atoms with van der Waals surface area (Å²) in [5.74, 6) is -0.287. The van der Waals surface area contributed by atoms with E-state index >= 15 is 0 Å². The van der Waals surface area contributed by atoms with Gasteiger partial charge in [-0.1, -0.05) is 96.9 Å². The zero-order chi connectivity index (χ0) is 28.7. The highest BCUT2D eigenvalue weighted by Crippen LogP contribution is 2.55. The Bertz CT molecular complexity index is 735. The van der Waals surface area contributed by atoms with Crippen LogP contribution in [0.5, 0.6) is 0 Å². The number of carbonyl (C=O) groups is 1. The first-order valence-electron chi connectivity index (χ1n) is 13.9. The second-order valence-electron chi connectivity index (χ2n) is 16.1. The fourth-order valence-corrected chi connectivity index (χ4v) is 5.94. The maximum Gasteiger partial charge on any atom is 0.302 e. The van der Waals surface area contributed by atoms with E-state index in [9.17, 15) is 9.90 Å². The van der Waals surface area contributed by atoms with Gasteiger partial charge >= 0.3 is 5.97 Å². The largest absolute Gasteiger partial charge is 0.461 e. The van der Waals surface area contributed by atoms with Gasteiger partial charge in [-0.05, 0) is 46.8 Å². The van der Waals surface area contributed by atoms with Gasteiger partial charge in [-0.25, -0.2) is 0 Å². The van der Waals surface area contributed by atoms with Crippen molar-refractivity contribution in [3.63, 3.8) is 0 Å². The van der Waals surface area contributed by atoms with E-state index in [-0.39, 0.29) is 52.2 Å². The predicted octanol–water partition coefficient (Wildman–Crippen LogP) is 7.78. The molecule has 1 fully saturated rings. The molecule has 5 nitrogen and oxygen atoms in total. The van der Waals surface area contributed by atoms with Gasteiger partial charge < -0.3 is 19.3 Å². The summed E-state index contributed by atoms with van der Waals surface area (Å²) in [6.07, 6.45) is 1.42.